The van der Waals surface area contributed by atoms with E-state index in [2.05, 4.69) is 21.1 Å². The number of rotatable bonds is 4. The molecule has 56 valence electrons. The van der Waals surface area contributed by atoms with Gasteiger partial charge in [0, 0.05) is 0 Å². The van der Waals surface area contributed by atoms with Crippen molar-refractivity contribution in [1.29, 1.82) is 0 Å². The zero-order chi connectivity index (χ0) is 7.33. The third-order valence-electron chi connectivity index (χ3n) is 0.982. The van der Waals surface area contributed by atoms with Gasteiger partial charge in [-0.25, -0.2) is 0 Å². The SMILES string of the molecule is C[P-]OCC[N+](C)(C)C. The highest BCUT2D eigenvalue weighted by Gasteiger charge is 2.02. The first-order chi connectivity index (χ1) is 4.06. The van der Waals surface area contributed by atoms with E-state index in [-0.39, 0.29) is 0 Å². The van der Waals surface area contributed by atoms with Crippen LogP contribution in [0.4, 0.5) is 0 Å². The van der Waals surface area contributed by atoms with E-state index in [0.29, 0.717) is 0 Å². The third-order valence-corrected chi connectivity index (χ3v) is 1.42. The Balaban J connectivity index is 3.07. The maximum atomic E-state index is 5.17. The van der Waals surface area contributed by atoms with E-state index < -0.39 is 0 Å². The molecule has 0 saturated heterocycles. The summed E-state index contributed by atoms with van der Waals surface area (Å²) in [5.74, 6) is 0. The van der Waals surface area contributed by atoms with Gasteiger partial charge in [-0.1, -0.05) is 0 Å². The smallest absolute Gasteiger partial charge is 0.0989 e. The standard InChI is InChI=1S/C6H16NOP/c1-7(2,3)5-6-8-9-4/h5-6H2,1-4H3. The lowest BCUT2D eigenvalue weighted by atomic mass is 10.5. The van der Waals surface area contributed by atoms with Crippen LogP contribution in [0.25, 0.3) is 0 Å². The van der Waals surface area contributed by atoms with Crippen LogP contribution >= 0.6 is 8.81 Å². The van der Waals surface area contributed by atoms with Crippen LogP contribution in [-0.4, -0.2) is 45.4 Å². The largest absolute Gasteiger partial charge is 0.554 e. The fourth-order valence-electron chi connectivity index (χ4n) is 0.406. The van der Waals surface area contributed by atoms with Crippen LogP contribution in [0.1, 0.15) is 0 Å². The van der Waals surface area contributed by atoms with Gasteiger partial charge >= 0.3 is 0 Å². The number of hydrogen-bond acceptors (Lipinski definition) is 1. The molecular weight excluding hydrogens is 133 g/mol. The van der Waals surface area contributed by atoms with Crippen LogP contribution in [0.2, 0.25) is 0 Å². The molecule has 0 amide bonds. The Kier molecular flexibility index (Phi) is 4.37. The first kappa shape index (κ1) is 9.35. The van der Waals surface area contributed by atoms with E-state index in [4.69, 9.17) is 4.52 Å². The summed E-state index contributed by atoms with van der Waals surface area (Å²) in [6.45, 7) is 3.94. The highest BCUT2D eigenvalue weighted by atomic mass is 31.1. The molecule has 0 heterocycles. The number of hydrogen-bond donors (Lipinski definition) is 0. The molecule has 0 aliphatic rings. The van der Waals surface area contributed by atoms with Crippen molar-refractivity contribution in [3.63, 3.8) is 0 Å². The summed E-state index contributed by atoms with van der Waals surface area (Å²) in [7, 11) is 7.52. The summed E-state index contributed by atoms with van der Waals surface area (Å²) >= 11 is 0. The van der Waals surface area contributed by atoms with E-state index >= 15 is 0 Å². The molecule has 2 nitrogen and oxygen atoms in total. The Hall–Kier alpha value is 0.350. The van der Waals surface area contributed by atoms with Gasteiger partial charge in [-0.3, -0.25) is 0 Å². The molecule has 0 aliphatic heterocycles. The van der Waals surface area contributed by atoms with Gasteiger partial charge in [-0.15, -0.1) is 0 Å². The van der Waals surface area contributed by atoms with Crippen molar-refractivity contribution in [3.8, 4) is 0 Å². The minimum absolute atomic E-state index is 0.863. The Labute approximate surface area is 59.6 Å². The summed E-state index contributed by atoms with van der Waals surface area (Å²) in [5.41, 5.74) is 0. The molecular formula is C6H16NOP. The molecule has 0 aromatic carbocycles. The average molecular weight is 149 g/mol. The van der Waals surface area contributed by atoms with Crippen molar-refractivity contribution in [2.45, 2.75) is 0 Å². The Bertz CT molecular complexity index is 69.9. The molecule has 3 heteroatoms. The molecule has 0 atom stereocenters. The topological polar surface area (TPSA) is 9.23 Å². The lowest BCUT2D eigenvalue weighted by Gasteiger charge is -2.25. The molecule has 0 fully saturated rings. The second-order valence-electron chi connectivity index (χ2n) is 3.03. The Morgan fingerprint density at radius 3 is 2.22 bits per heavy atom. The molecule has 0 aromatic rings. The van der Waals surface area contributed by atoms with Gasteiger partial charge in [0.25, 0.3) is 0 Å². The van der Waals surface area contributed by atoms with Crippen LogP contribution < -0.4 is 0 Å². The first-order valence-corrected chi connectivity index (χ1v) is 4.34. The summed E-state index contributed by atoms with van der Waals surface area (Å²) in [4.78, 5) is 0. The number of nitrogens with zero attached hydrogens (tertiary/aromatic N) is 1. The lowest BCUT2D eigenvalue weighted by Crippen LogP contribution is -2.37. The highest BCUT2D eigenvalue weighted by Crippen LogP contribution is 2.03. The maximum absolute atomic E-state index is 5.17. The molecule has 0 aliphatic carbocycles. The van der Waals surface area contributed by atoms with E-state index in [1.807, 2.05) is 6.66 Å². The highest BCUT2D eigenvalue weighted by molar-refractivity contribution is 7.31. The summed E-state index contributed by atoms with van der Waals surface area (Å²) < 4.78 is 6.15. The molecule has 0 unspecified atom stereocenters. The van der Waals surface area contributed by atoms with E-state index in [9.17, 15) is 0 Å². The van der Waals surface area contributed by atoms with Crippen LogP contribution in [0, 0.1) is 0 Å². The van der Waals surface area contributed by atoms with Gasteiger partial charge < -0.3 is 17.8 Å². The van der Waals surface area contributed by atoms with Gasteiger partial charge in [0.1, 0.15) is 0 Å². The fraction of sp³-hybridized carbons (Fsp3) is 1.00. The second kappa shape index (κ2) is 4.21. The van der Waals surface area contributed by atoms with E-state index in [0.717, 1.165) is 26.4 Å². The van der Waals surface area contributed by atoms with Crippen molar-refractivity contribution in [1.82, 2.24) is 0 Å². The number of quaternary nitrogens is 1. The fourth-order valence-corrected chi connectivity index (χ4v) is 0.670. The normalized spacial score (nSPS) is 13.3. The molecule has 0 spiro atoms. The van der Waals surface area contributed by atoms with Gasteiger partial charge in [-0.2, -0.15) is 6.66 Å². The molecule has 9 heavy (non-hydrogen) atoms. The van der Waals surface area contributed by atoms with Crippen LogP contribution in [0.5, 0.6) is 0 Å². The first-order valence-electron chi connectivity index (χ1n) is 3.08. The predicted octanol–water partition coefficient (Wildman–Crippen LogP) is 1.20. The quantitative estimate of drug-likeness (QED) is 0.331. The minimum Gasteiger partial charge on any atom is -0.554 e. The average Bonchev–Trinajstić information content (AvgIpc) is 1.63. The molecule has 0 radical (unpaired) electrons. The minimum atomic E-state index is 0.863. The van der Waals surface area contributed by atoms with Gasteiger partial charge in [0.15, 0.2) is 0 Å². The van der Waals surface area contributed by atoms with Crippen molar-refractivity contribution >= 4 is 8.81 Å². The zero-order valence-corrected chi connectivity index (χ0v) is 7.61. The summed E-state index contributed by atoms with van der Waals surface area (Å²) in [5, 5.41) is 0. The van der Waals surface area contributed by atoms with Crippen molar-refractivity contribution in [2.24, 2.45) is 0 Å². The van der Waals surface area contributed by atoms with Crippen LogP contribution in [-0.2, 0) is 4.52 Å². The monoisotopic (exact) mass is 149 g/mol. The third kappa shape index (κ3) is 8.35. The lowest BCUT2D eigenvalue weighted by molar-refractivity contribution is -0.870. The Morgan fingerprint density at radius 1 is 1.33 bits per heavy atom. The molecule has 0 saturated carbocycles. The van der Waals surface area contributed by atoms with Crippen molar-refractivity contribution < 1.29 is 9.01 Å². The predicted molar refractivity (Wildman–Crippen MR) is 41.7 cm³/mol. The van der Waals surface area contributed by atoms with Crippen molar-refractivity contribution in [3.05, 3.63) is 0 Å². The molecule has 0 rings (SSSR count). The molecule has 0 bridgehead atoms. The zero-order valence-electron chi connectivity index (χ0n) is 6.72. The van der Waals surface area contributed by atoms with Gasteiger partial charge in [0.2, 0.25) is 0 Å². The molecule has 0 aromatic heterocycles. The molecule has 0 N–H and O–H groups in total. The summed E-state index contributed by atoms with van der Waals surface area (Å²) in [6.07, 6.45) is 0. The maximum Gasteiger partial charge on any atom is 0.0989 e. The van der Waals surface area contributed by atoms with Crippen LogP contribution in [0.3, 0.4) is 0 Å². The Morgan fingerprint density at radius 2 is 1.89 bits per heavy atom. The van der Waals surface area contributed by atoms with E-state index in [1.54, 1.807) is 0 Å². The van der Waals surface area contributed by atoms with E-state index in [1.165, 1.54) is 0 Å². The van der Waals surface area contributed by atoms with Gasteiger partial charge in [-0.05, 0) is 0 Å². The summed E-state index contributed by atoms with van der Waals surface area (Å²) in [6, 6.07) is 0. The van der Waals surface area contributed by atoms with Gasteiger partial charge in [0.05, 0.1) is 34.3 Å². The van der Waals surface area contributed by atoms with Crippen LogP contribution in [0.15, 0.2) is 0 Å². The second-order valence-corrected chi connectivity index (χ2v) is 3.65. The number of likely N-dealkylation sites (N-methyl/N-ethyl adjacent to an activating group) is 1. The van der Waals surface area contributed by atoms with Crippen molar-refractivity contribution in [2.75, 3.05) is 41.0 Å².